The molecule has 5 nitrogen and oxygen atoms in total. The third-order valence-corrected chi connectivity index (χ3v) is 4.62. The molecule has 1 heterocycles. The fourth-order valence-corrected chi connectivity index (χ4v) is 3.67. The number of hydroxylamine groups is 2. The summed E-state index contributed by atoms with van der Waals surface area (Å²) < 4.78 is 2.03. The van der Waals surface area contributed by atoms with Crippen LogP contribution in [0.3, 0.4) is 0 Å². The van der Waals surface area contributed by atoms with Gasteiger partial charge in [0.15, 0.2) is 0 Å². The number of carbonyl (C=O) groups is 1. The van der Waals surface area contributed by atoms with Crippen molar-refractivity contribution in [1.29, 1.82) is 0 Å². The molecule has 2 aliphatic carbocycles. The predicted octanol–water partition coefficient (Wildman–Crippen LogP) is 1.35. The van der Waals surface area contributed by atoms with Crippen molar-refractivity contribution in [3.05, 3.63) is 40.6 Å². The van der Waals surface area contributed by atoms with Crippen LogP contribution < -0.4 is 0 Å². The standard InChI is InChI=1S/C15H15N2O3/c18-15-10-6-2-1-5-9(10)13-14(15)17(20)12-8-4-3-7-11(12)16(13)19/h1-2,5-6,11-12,19H,3-4,7-8H2/q+1/t11-,12+/m1/s1. The molecule has 2 atom stereocenters. The van der Waals surface area contributed by atoms with Gasteiger partial charge in [-0.2, -0.15) is 4.74 Å². The summed E-state index contributed by atoms with van der Waals surface area (Å²) in [6.45, 7) is 0. The number of hydrogen-bond donors (Lipinski definition) is 1. The molecule has 1 fully saturated rings. The molecule has 3 aliphatic rings. The maximum Gasteiger partial charge on any atom is 0.336 e. The molecule has 1 aliphatic heterocycles. The van der Waals surface area contributed by atoms with Crippen molar-refractivity contribution in [1.82, 2.24) is 0 Å². The van der Waals surface area contributed by atoms with Crippen LogP contribution in [0, 0.1) is 5.21 Å². The molecule has 4 rings (SSSR count). The topological polar surface area (TPSA) is 66.4 Å². The number of benzene rings is 1. The van der Waals surface area contributed by atoms with Gasteiger partial charge in [-0.25, -0.2) is 0 Å². The Morgan fingerprint density at radius 2 is 1.70 bits per heavy atom. The normalized spacial score (nSPS) is 28.3. The molecule has 1 saturated carbocycles. The van der Waals surface area contributed by atoms with Crippen molar-refractivity contribution in [2.45, 2.75) is 37.8 Å². The van der Waals surface area contributed by atoms with E-state index in [9.17, 15) is 15.2 Å². The molecule has 1 aromatic carbocycles. The van der Waals surface area contributed by atoms with Gasteiger partial charge >= 0.3 is 11.4 Å². The lowest BCUT2D eigenvalue weighted by molar-refractivity contribution is -0.822. The third-order valence-electron chi connectivity index (χ3n) is 4.62. The summed E-state index contributed by atoms with van der Waals surface area (Å²) in [5.41, 5.74) is 1.68. The van der Waals surface area contributed by atoms with E-state index < -0.39 is 0 Å². The Kier molecular flexibility index (Phi) is 2.28. The molecule has 102 valence electrons. The second kappa shape index (κ2) is 3.91. The van der Waals surface area contributed by atoms with Gasteiger partial charge in [0.25, 0.3) is 11.8 Å². The lowest BCUT2D eigenvalue weighted by Gasteiger charge is -2.28. The maximum atomic E-state index is 12.6. The van der Waals surface area contributed by atoms with E-state index in [0.29, 0.717) is 16.8 Å². The van der Waals surface area contributed by atoms with Crippen LogP contribution in [0.5, 0.6) is 0 Å². The highest BCUT2D eigenvalue weighted by atomic mass is 16.5. The Hall–Kier alpha value is -2.17. The number of Topliss-reactive ketones (excluding diaryl/α,β-unsaturated/α-hetero) is 1. The van der Waals surface area contributed by atoms with Crippen LogP contribution >= 0.6 is 0 Å². The van der Waals surface area contributed by atoms with Crippen LogP contribution in [0.25, 0.3) is 0 Å². The molecule has 1 aromatic rings. The largest absolute Gasteiger partial charge is 0.623 e. The van der Waals surface area contributed by atoms with Crippen LogP contribution in [0.1, 0.15) is 41.6 Å². The number of rotatable bonds is 0. The number of hydrogen-bond acceptors (Lipinski definition) is 3. The Balaban J connectivity index is 2.00. The molecular weight excluding hydrogens is 256 g/mol. The molecule has 20 heavy (non-hydrogen) atoms. The van der Waals surface area contributed by atoms with Crippen LogP contribution in [0.4, 0.5) is 0 Å². The van der Waals surface area contributed by atoms with Gasteiger partial charge in [-0.15, -0.1) is 0 Å². The SMILES string of the molecule is O=C1C2=[N+]([O-])[C@H]3CCCC[C@H]3[N+](O)=C2c2ccccc21. The zero-order valence-corrected chi connectivity index (χ0v) is 11.0. The predicted molar refractivity (Wildman–Crippen MR) is 71.6 cm³/mol. The van der Waals surface area contributed by atoms with Crippen molar-refractivity contribution in [2.75, 3.05) is 0 Å². The first kappa shape index (κ1) is 11.6. The Morgan fingerprint density at radius 1 is 1.05 bits per heavy atom. The highest BCUT2D eigenvalue weighted by Gasteiger charge is 2.56. The first-order valence-electron chi connectivity index (χ1n) is 7.03. The van der Waals surface area contributed by atoms with Crippen molar-refractivity contribution in [3.8, 4) is 0 Å². The quantitative estimate of drug-likeness (QED) is 0.440. The zero-order valence-electron chi connectivity index (χ0n) is 11.0. The fourth-order valence-electron chi connectivity index (χ4n) is 3.67. The number of carbonyl (C=O) groups excluding carboxylic acids is 1. The maximum absolute atomic E-state index is 12.6. The number of ketones is 1. The van der Waals surface area contributed by atoms with Gasteiger partial charge < -0.3 is 5.21 Å². The molecule has 0 saturated heterocycles. The van der Waals surface area contributed by atoms with Gasteiger partial charge in [-0.3, -0.25) is 10.0 Å². The minimum Gasteiger partial charge on any atom is -0.623 e. The first-order valence-corrected chi connectivity index (χ1v) is 7.03. The van der Waals surface area contributed by atoms with Crippen LogP contribution in [0.2, 0.25) is 0 Å². The van der Waals surface area contributed by atoms with E-state index in [1.54, 1.807) is 18.2 Å². The van der Waals surface area contributed by atoms with E-state index in [0.717, 1.165) is 30.4 Å². The van der Waals surface area contributed by atoms with Gasteiger partial charge in [0.2, 0.25) is 6.04 Å². The van der Waals surface area contributed by atoms with Gasteiger partial charge in [-0.05, 0) is 29.7 Å². The third kappa shape index (κ3) is 1.30. The molecule has 0 amide bonds. The molecule has 0 spiro atoms. The molecule has 0 aromatic heterocycles. The lowest BCUT2D eigenvalue weighted by atomic mass is 9.89. The average molecular weight is 271 g/mol. The molecule has 0 unspecified atom stereocenters. The van der Waals surface area contributed by atoms with Gasteiger partial charge in [0, 0.05) is 18.4 Å². The molecular formula is C15H15N2O3+. The van der Waals surface area contributed by atoms with Crippen molar-refractivity contribution in [3.63, 3.8) is 0 Å². The minimum atomic E-state index is -0.314. The van der Waals surface area contributed by atoms with E-state index in [2.05, 4.69) is 0 Å². The summed E-state index contributed by atoms with van der Waals surface area (Å²) in [5.74, 6) is -0.270. The molecule has 0 radical (unpaired) electrons. The van der Waals surface area contributed by atoms with Gasteiger partial charge in [0.1, 0.15) is 0 Å². The van der Waals surface area contributed by atoms with Crippen LogP contribution in [-0.4, -0.2) is 44.0 Å². The zero-order chi connectivity index (χ0) is 13.9. The number of nitrogens with zero attached hydrogens (tertiary/aromatic N) is 2. The van der Waals surface area contributed by atoms with Crippen molar-refractivity contribution >= 4 is 17.2 Å². The van der Waals surface area contributed by atoms with Gasteiger partial charge in [-0.1, -0.05) is 12.1 Å². The summed E-state index contributed by atoms with van der Waals surface area (Å²) in [5, 5.41) is 23.1. The van der Waals surface area contributed by atoms with E-state index in [1.807, 2.05) is 6.07 Å². The van der Waals surface area contributed by atoms with Crippen LogP contribution in [0.15, 0.2) is 24.3 Å². The van der Waals surface area contributed by atoms with E-state index in [1.165, 1.54) is 4.74 Å². The summed E-state index contributed by atoms with van der Waals surface area (Å²) in [4.78, 5) is 12.4. The number of fused-ring (bicyclic) bond motifs is 4. The Labute approximate surface area is 116 Å². The van der Waals surface area contributed by atoms with Crippen molar-refractivity contribution in [2.24, 2.45) is 0 Å². The monoisotopic (exact) mass is 271 g/mol. The average Bonchev–Trinajstić information content (AvgIpc) is 2.79. The second-order valence-electron chi connectivity index (χ2n) is 5.66. The smallest absolute Gasteiger partial charge is 0.336 e. The summed E-state index contributed by atoms with van der Waals surface area (Å²) in [6.07, 6.45) is 3.49. The first-order chi connectivity index (χ1) is 9.70. The Morgan fingerprint density at radius 3 is 2.45 bits per heavy atom. The molecule has 5 heteroatoms. The molecule has 0 bridgehead atoms. The highest BCUT2D eigenvalue weighted by Crippen LogP contribution is 2.30. The lowest BCUT2D eigenvalue weighted by Crippen LogP contribution is -2.54. The van der Waals surface area contributed by atoms with E-state index in [4.69, 9.17) is 0 Å². The van der Waals surface area contributed by atoms with E-state index >= 15 is 0 Å². The minimum absolute atomic E-state index is 0.108. The molecule has 1 N–H and O–H groups in total. The van der Waals surface area contributed by atoms with E-state index in [-0.39, 0.29) is 23.6 Å². The highest BCUT2D eigenvalue weighted by molar-refractivity contribution is 6.75. The summed E-state index contributed by atoms with van der Waals surface area (Å²) in [7, 11) is 0. The van der Waals surface area contributed by atoms with Crippen molar-refractivity contribution < 1.29 is 19.5 Å². The Bertz CT molecular complexity index is 690. The fraction of sp³-hybridized carbons (Fsp3) is 0.400. The second-order valence-corrected chi connectivity index (χ2v) is 5.66. The summed E-state index contributed by atoms with van der Waals surface area (Å²) >= 11 is 0. The summed E-state index contributed by atoms with van der Waals surface area (Å²) in [6, 6.07) is 6.57. The van der Waals surface area contributed by atoms with Gasteiger partial charge in [0.05, 0.1) is 5.56 Å². The van der Waals surface area contributed by atoms with Crippen LogP contribution in [-0.2, 0) is 0 Å².